The average Bonchev–Trinajstić information content (AvgIpc) is 2.79. The largest absolute Gasteiger partial charge is 0.362 e. The first-order valence-corrected chi connectivity index (χ1v) is 7.81. The first kappa shape index (κ1) is 16.7. The summed E-state index contributed by atoms with van der Waals surface area (Å²) in [7, 11) is 0. The van der Waals surface area contributed by atoms with Gasteiger partial charge in [0.05, 0.1) is 6.54 Å². The zero-order chi connectivity index (χ0) is 16.1. The highest BCUT2D eigenvalue weighted by Crippen LogP contribution is 2.19. The second-order valence-electron chi connectivity index (χ2n) is 4.95. The van der Waals surface area contributed by atoms with Crippen molar-refractivity contribution in [2.75, 3.05) is 11.9 Å². The topological polar surface area (TPSA) is 41.9 Å². The molecule has 2 rings (SSSR count). The van der Waals surface area contributed by atoms with Gasteiger partial charge in [0, 0.05) is 23.3 Å². The monoisotopic (exact) mass is 340 g/mol. The van der Waals surface area contributed by atoms with Gasteiger partial charge in [-0.25, -0.2) is 4.39 Å². The molecular formula is C15H18ClFN4S. The molecule has 0 unspecified atom stereocenters. The fraction of sp³-hybridized carbons (Fsp3) is 0.333. The number of thiocarbonyl (C=S) groups is 1. The molecule has 0 atom stereocenters. The van der Waals surface area contributed by atoms with E-state index in [1.54, 1.807) is 10.7 Å². The maximum atomic E-state index is 13.1. The number of nitrogens with one attached hydrogen (secondary N) is 2. The van der Waals surface area contributed by atoms with Crippen LogP contribution in [0.5, 0.6) is 0 Å². The lowest BCUT2D eigenvalue weighted by molar-refractivity contribution is 0.623. The molecule has 0 aliphatic heterocycles. The summed E-state index contributed by atoms with van der Waals surface area (Å²) in [5, 5.41) is 11.5. The van der Waals surface area contributed by atoms with Gasteiger partial charge in [0.1, 0.15) is 5.82 Å². The van der Waals surface area contributed by atoms with E-state index in [1.807, 2.05) is 13.0 Å². The molecule has 2 aromatic rings. The van der Waals surface area contributed by atoms with E-state index >= 15 is 0 Å². The maximum Gasteiger partial charge on any atom is 0.171 e. The fourth-order valence-electron chi connectivity index (χ4n) is 1.94. The molecule has 0 radical (unpaired) electrons. The Morgan fingerprint density at radius 3 is 2.86 bits per heavy atom. The maximum absolute atomic E-state index is 13.1. The average molecular weight is 341 g/mol. The zero-order valence-corrected chi connectivity index (χ0v) is 14.1. The fourth-order valence-corrected chi connectivity index (χ4v) is 2.38. The summed E-state index contributed by atoms with van der Waals surface area (Å²) >= 11 is 11.2. The van der Waals surface area contributed by atoms with Crippen molar-refractivity contribution in [2.45, 2.75) is 26.8 Å². The van der Waals surface area contributed by atoms with E-state index in [0.717, 1.165) is 24.2 Å². The van der Waals surface area contributed by atoms with Crippen molar-refractivity contribution in [2.24, 2.45) is 0 Å². The van der Waals surface area contributed by atoms with Crippen LogP contribution in [0.15, 0.2) is 24.3 Å². The van der Waals surface area contributed by atoms with Gasteiger partial charge in [-0.1, -0.05) is 24.6 Å². The van der Waals surface area contributed by atoms with E-state index in [0.29, 0.717) is 22.5 Å². The zero-order valence-electron chi connectivity index (χ0n) is 12.5. The normalized spacial score (nSPS) is 10.5. The molecule has 2 N–H and O–H groups in total. The van der Waals surface area contributed by atoms with Crippen LogP contribution in [0, 0.1) is 12.7 Å². The molecule has 0 amide bonds. The van der Waals surface area contributed by atoms with Crippen LogP contribution in [-0.4, -0.2) is 21.4 Å². The second-order valence-corrected chi connectivity index (χ2v) is 5.76. The molecule has 0 saturated heterocycles. The third kappa shape index (κ3) is 4.42. The number of nitrogens with zero attached hydrogens (tertiary/aromatic N) is 2. The van der Waals surface area contributed by atoms with Crippen molar-refractivity contribution in [3.8, 4) is 0 Å². The number of hydrogen-bond donors (Lipinski definition) is 2. The molecule has 0 aliphatic rings. The Morgan fingerprint density at radius 2 is 2.18 bits per heavy atom. The van der Waals surface area contributed by atoms with Crippen LogP contribution in [-0.2, 0) is 6.54 Å². The predicted molar refractivity (Wildman–Crippen MR) is 92.0 cm³/mol. The van der Waals surface area contributed by atoms with Gasteiger partial charge < -0.3 is 10.6 Å². The number of aryl methyl sites for hydroxylation is 1. The van der Waals surface area contributed by atoms with Crippen LogP contribution < -0.4 is 10.6 Å². The standard InChI is InChI=1S/C15H18ClFN4S/c1-3-6-18-15(22)19-14-7-10(2)21(20-14)9-11-4-5-12(17)8-13(11)16/h4-5,7-8H,3,6,9H2,1-2H3,(H2,18,19,20,22). The van der Waals surface area contributed by atoms with Gasteiger partial charge in [-0.3, -0.25) is 4.68 Å². The Morgan fingerprint density at radius 1 is 1.41 bits per heavy atom. The van der Waals surface area contributed by atoms with Gasteiger partial charge in [0.2, 0.25) is 0 Å². The Kier molecular flexibility index (Phi) is 5.74. The minimum atomic E-state index is -0.347. The lowest BCUT2D eigenvalue weighted by Gasteiger charge is -2.08. The minimum Gasteiger partial charge on any atom is -0.362 e. The van der Waals surface area contributed by atoms with Crippen molar-refractivity contribution in [3.05, 3.63) is 46.4 Å². The second kappa shape index (κ2) is 7.56. The van der Waals surface area contributed by atoms with Crippen molar-refractivity contribution in [1.29, 1.82) is 0 Å². The molecule has 1 aromatic carbocycles. The van der Waals surface area contributed by atoms with Crippen LogP contribution in [0.25, 0.3) is 0 Å². The Labute approximate surface area is 139 Å². The summed E-state index contributed by atoms with van der Waals surface area (Å²) in [5.41, 5.74) is 1.77. The molecule has 22 heavy (non-hydrogen) atoms. The molecule has 7 heteroatoms. The number of aromatic nitrogens is 2. The Balaban J connectivity index is 2.08. The van der Waals surface area contributed by atoms with Crippen LogP contribution in [0.4, 0.5) is 10.2 Å². The van der Waals surface area contributed by atoms with Crippen molar-refractivity contribution < 1.29 is 4.39 Å². The summed E-state index contributed by atoms with van der Waals surface area (Å²) in [6.07, 6.45) is 0.998. The summed E-state index contributed by atoms with van der Waals surface area (Å²) in [5.74, 6) is 0.324. The van der Waals surface area contributed by atoms with Gasteiger partial charge in [-0.15, -0.1) is 0 Å². The summed E-state index contributed by atoms with van der Waals surface area (Å²) in [6.45, 7) is 5.30. The highest BCUT2D eigenvalue weighted by molar-refractivity contribution is 7.80. The van der Waals surface area contributed by atoms with Crippen molar-refractivity contribution in [3.63, 3.8) is 0 Å². The van der Waals surface area contributed by atoms with Gasteiger partial charge in [0.25, 0.3) is 0 Å². The van der Waals surface area contributed by atoms with E-state index in [-0.39, 0.29) is 5.82 Å². The number of hydrogen-bond acceptors (Lipinski definition) is 2. The van der Waals surface area contributed by atoms with E-state index in [4.69, 9.17) is 23.8 Å². The molecule has 0 bridgehead atoms. The molecule has 0 fully saturated rings. The molecule has 0 aliphatic carbocycles. The molecule has 0 saturated carbocycles. The Hall–Kier alpha value is -1.66. The SMILES string of the molecule is CCCNC(=S)Nc1cc(C)n(Cc2ccc(F)cc2Cl)n1. The predicted octanol–water partition coefficient (Wildman–Crippen LogP) is 3.73. The molecule has 1 aromatic heterocycles. The van der Waals surface area contributed by atoms with Crippen molar-refractivity contribution in [1.82, 2.24) is 15.1 Å². The summed E-state index contributed by atoms with van der Waals surface area (Å²) in [6, 6.07) is 6.26. The summed E-state index contributed by atoms with van der Waals surface area (Å²) in [4.78, 5) is 0. The smallest absolute Gasteiger partial charge is 0.171 e. The lowest BCUT2D eigenvalue weighted by atomic mass is 10.2. The van der Waals surface area contributed by atoms with Gasteiger partial charge in [0.15, 0.2) is 10.9 Å². The van der Waals surface area contributed by atoms with E-state index in [1.165, 1.54) is 12.1 Å². The van der Waals surface area contributed by atoms with Crippen LogP contribution in [0.2, 0.25) is 5.02 Å². The highest BCUT2D eigenvalue weighted by Gasteiger charge is 2.09. The molecule has 4 nitrogen and oxygen atoms in total. The first-order valence-electron chi connectivity index (χ1n) is 7.03. The number of benzene rings is 1. The van der Waals surface area contributed by atoms with Gasteiger partial charge >= 0.3 is 0 Å². The third-order valence-electron chi connectivity index (χ3n) is 3.09. The molecular weight excluding hydrogens is 323 g/mol. The van der Waals surface area contributed by atoms with Gasteiger partial charge in [-0.2, -0.15) is 5.10 Å². The van der Waals surface area contributed by atoms with Gasteiger partial charge in [-0.05, 0) is 43.3 Å². The molecule has 0 spiro atoms. The Bertz CT molecular complexity index is 672. The van der Waals surface area contributed by atoms with Crippen LogP contribution >= 0.6 is 23.8 Å². The quantitative estimate of drug-likeness (QED) is 0.814. The van der Waals surface area contributed by atoms with E-state index in [2.05, 4.69) is 22.7 Å². The summed E-state index contributed by atoms with van der Waals surface area (Å²) < 4.78 is 14.9. The van der Waals surface area contributed by atoms with Crippen molar-refractivity contribution >= 4 is 34.7 Å². The number of anilines is 1. The first-order chi connectivity index (χ1) is 10.5. The van der Waals surface area contributed by atoms with Crippen LogP contribution in [0.1, 0.15) is 24.6 Å². The number of rotatable bonds is 5. The third-order valence-corrected chi connectivity index (χ3v) is 3.69. The minimum absolute atomic E-state index is 0.347. The molecule has 1 heterocycles. The number of halogens is 2. The molecule has 118 valence electrons. The van der Waals surface area contributed by atoms with E-state index < -0.39 is 0 Å². The van der Waals surface area contributed by atoms with Crippen LogP contribution in [0.3, 0.4) is 0 Å². The lowest BCUT2D eigenvalue weighted by Crippen LogP contribution is -2.29. The van der Waals surface area contributed by atoms with E-state index in [9.17, 15) is 4.39 Å². The highest BCUT2D eigenvalue weighted by atomic mass is 35.5.